The topological polar surface area (TPSA) is 29.1 Å². The molecule has 1 fully saturated rings. The molecule has 1 aromatic carbocycles. The summed E-state index contributed by atoms with van der Waals surface area (Å²) in [5, 5.41) is 2.95. The van der Waals surface area contributed by atoms with Gasteiger partial charge in [0, 0.05) is 17.5 Å². The molecule has 1 N–H and O–H groups in total. The number of amides is 1. The zero-order chi connectivity index (χ0) is 13.1. The summed E-state index contributed by atoms with van der Waals surface area (Å²) >= 11 is 5.87. The first kappa shape index (κ1) is 13.3. The minimum absolute atomic E-state index is 0.124. The van der Waals surface area contributed by atoms with Crippen LogP contribution in [0.25, 0.3) is 0 Å². The van der Waals surface area contributed by atoms with E-state index in [4.69, 9.17) is 11.6 Å². The summed E-state index contributed by atoms with van der Waals surface area (Å²) in [6.45, 7) is 1.68. The minimum Gasteiger partial charge on any atom is -0.349 e. The summed E-state index contributed by atoms with van der Waals surface area (Å²) in [7, 11) is 0. The monoisotopic (exact) mass is 269 g/mol. The van der Waals surface area contributed by atoms with E-state index >= 15 is 0 Å². The molecule has 1 aliphatic carbocycles. The van der Waals surface area contributed by atoms with Gasteiger partial charge in [-0.25, -0.2) is 4.39 Å². The van der Waals surface area contributed by atoms with Crippen molar-refractivity contribution in [1.82, 2.24) is 5.32 Å². The van der Waals surface area contributed by atoms with Crippen molar-refractivity contribution in [2.45, 2.75) is 32.2 Å². The molecule has 1 aromatic rings. The number of alkyl halides is 1. The van der Waals surface area contributed by atoms with Crippen molar-refractivity contribution in [3.8, 4) is 0 Å². The molecule has 98 valence electrons. The van der Waals surface area contributed by atoms with E-state index in [0.29, 0.717) is 22.9 Å². The Morgan fingerprint density at radius 2 is 2.28 bits per heavy atom. The average molecular weight is 270 g/mol. The lowest BCUT2D eigenvalue weighted by Crippen LogP contribution is -2.38. The van der Waals surface area contributed by atoms with Gasteiger partial charge in [0.1, 0.15) is 5.82 Å². The van der Waals surface area contributed by atoms with Gasteiger partial charge in [-0.3, -0.25) is 4.79 Å². The third-order valence-corrected chi connectivity index (χ3v) is 4.00. The van der Waals surface area contributed by atoms with Crippen molar-refractivity contribution in [2.24, 2.45) is 5.92 Å². The molecule has 0 saturated heterocycles. The smallest absolute Gasteiger partial charge is 0.251 e. The molecular formula is C14H17ClFNO. The summed E-state index contributed by atoms with van der Waals surface area (Å²) < 4.78 is 13.4. The third kappa shape index (κ3) is 2.83. The Kier molecular flexibility index (Phi) is 4.23. The Balaban J connectivity index is 2.05. The van der Waals surface area contributed by atoms with Crippen LogP contribution < -0.4 is 5.32 Å². The van der Waals surface area contributed by atoms with Crippen molar-refractivity contribution >= 4 is 17.5 Å². The first-order valence-corrected chi connectivity index (χ1v) is 6.78. The van der Waals surface area contributed by atoms with E-state index in [9.17, 15) is 9.18 Å². The largest absolute Gasteiger partial charge is 0.349 e. The van der Waals surface area contributed by atoms with Crippen molar-refractivity contribution in [1.29, 1.82) is 0 Å². The van der Waals surface area contributed by atoms with Crippen LogP contribution in [-0.2, 0) is 0 Å². The van der Waals surface area contributed by atoms with Gasteiger partial charge in [-0.1, -0.05) is 12.5 Å². The van der Waals surface area contributed by atoms with Gasteiger partial charge in [-0.2, -0.15) is 0 Å². The van der Waals surface area contributed by atoms with Crippen LogP contribution in [0.5, 0.6) is 0 Å². The van der Waals surface area contributed by atoms with Crippen molar-refractivity contribution < 1.29 is 9.18 Å². The second-order valence-corrected chi connectivity index (χ2v) is 5.20. The molecule has 2 atom stereocenters. The second kappa shape index (κ2) is 5.70. The number of rotatable bonds is 3. The van der Waals surface area contributed by atoms with Crippen LogP contribution in [-0.4, -0.2) is 17.8 Å². The lowest BCUT2D eigenvalue weighted by Gasteiger charge is -2.18. The van der Waals surface area contributed by atoms with Crippen LogP contribution in [0.2, 0.25) is 0 Å². The highest BCUT2D eigenvalue weighted by Gasteiger charge is 2.28. The molecule has 2 unspecified atom stereocenters. The van der Waals surface area contributed by atoms with Crippen LogP contribution >= 0.6 is 11.6 Å². The fourth-order valence-corrected chi connectivity index (χ4v) is 2.77. The number of hydrogen-bond acceptors (Lipinski definition) is 1. The van der Waals surface area contributed by atoms with Gasteiger partial charge in [0.2, 0.25) is 0 Å². The standard InChI is InChI=1S/C14H17ClFNO/c1-9-5-6-10(7-12(9)16)14(18)17-13-4-2-3-11(13)8-15/h5-7,11,13H,2-4,8H2,1H3,(H,17,18). The number of carbonyl (C=O) groups is 1. The van der Waals surface area contributed by atoms with Gasteiger partial charge in [-0.15, -0.1) is 11.6 Å². The SMILES string of the molecule is Cc1ccc(C(=O)NC2CCCC2CCl)cc1F. The van der Waals surface area contributed by atoms with Crippen LogP contribution in [0.1, 0.15) is 35.2 Å². The zero-order valence-corrected chi connectivity index (χ0v) is 11.1. The maximum atomic E-state index is 13.4. The molecule has 1 amide bonds. The Morgan fingerprint density at radius 3 is 2.94 bits per heavy atom. The van der Waals surface area contributed by atoms with E-state index < -0.39 is 0 Å². The van der Waals surface area contributed by atoms with Crippen molar-refractivity contribution in [2.75, 3.05) is 5.88 Å². The lowest BCUT2D eigenvalue weighted by molar-refractivity contribution is 0.0929. The number of hydrogen-bond donors (Lipinski definition) is 1. The third-order valence-electron chi connectivity index (χ3n) is 3.61. The Hall–Kier alpha value is -1.09. The minimum atomic E-state index is -0.344. The fourth-order valence-electron chi connectivity index (χ4n) is 2.40. The number of carbonyl (C=O) groups excluding carboxylic acids is 1. The molecule has 0 heterocycles. The van der Waals surface area contributed by atoms with Gasteiger partial charge in [0.25, 0.3) is 5.91 Å². The van der Waals surface area contributed by atoms with Crippen LogP contribution in [0, 0.1) is 18.7 Å². The number of aryl methyl sites for hydroxylation is 1. The molecule has 0 aromatic heterocycles. The molecular weight excluding hydrogens is 253 g/mol. The summed E-state index contributed by atoms with van der Waals surface area (Å²) in [5.74, 6) is 0.345. The predicted octanol–water partition coefficient (Wildman–Crippen LogP) is 3.27. The average Bonchev–Trinajstić information content (AvgIpc) is 2.79. The molecule has 0 spiro atoms. The van der Waals surface area contributed by atoms with E-state index in [1.54, 1.807) is 19.1 Å². The van der Waals surface area contributed by atoms with E-state index in [-0.39, 0.29) is 17.8 Å². The molecule has 1 saturated carbocycles. The molecule has 0 aliphatic heterocycles. The second-order valence-electron chi connectivity index (χ2n) is 4.89. The van der Waals surface area contributed by atoms with Crippen molar-refractivity contribution in [3.05, 3.63) is 35.1 Å². The van der Waals surface area contributed by atoms with E-state index in [2.05, 4.69) is 5.32 Å². The summed E-state index contributed by atoms with van der Waals surface area (Å²) in [5.41, 5.74) is 0.921. The van der Waals surface area contributed by atoms with E-state index in [0.717, 1.165) is 19.3 Å². The summed E-state index contributed by atoms with van der Waals surface area (Å²) in [6, 6.07) is 4.69. The molecule has 0 bridgehead atoms. The predicted molar refractivity (Wildman–Crippen MR) is 70.5 cm³/mol. The molecule has 18 heavy (non-hydrogen) atoms. The highest BCUT2D eigenvalue weighted by atomic mass is 35.5. The van der Waals surface area contributed by atoms with E-state index in [1.807, 2.05) is 0 Å². The Morgan fingerprint density at radius 1 is 1.50 bits per heavy atom. The number of benzene rings is 1. The van der Waals surface area contributed by atoms with Crippen LogP contribution in [0.4, 0.5) is 4.39 Å². The fraction of sp³-hybridized carbons (Fsp3) is 0.500. The van der Waals surface area contributed by atoms with Gasteiger partial charge in [-0.05, 0) is 43.4 Å². The maximum Gasteiger partial charge on any atom is 0.251 e. The van der Waals surface area contributed by atoms with Gasteiger partial charge >= 0.3 is 0 Å². The van der Waals surface area contributed by atoms with Gasteiger partial charge in [0.15, 0.2) is 0 Å². The highest BCUT2D eigenvalue weighted by Crippen LogP contribution is 2.26. The highest BCUT2D eigenvalue weighted by molar-refractivity contribution is 6.18. The van der Waals surface area contributed by atoms with Crippen LogP contribution in [0.15, 0.2) is 18.2 Å². The molecule has 1 aliphatic rings. The molecule has 2 rings (SSSR count). The van der Waals surface area contributed by atoms with Gasteiger partial charge < -0.3 is 5.32 Å². The first-order chi connectivity index (χ1) is 8.61. The quantitative estimate of drug-likeness (QED) is 0.839. The maximum absolute atomic E-state index is 13.4. The van der Waals surface area contributed by atoms with Crippen molar-refractivity contribution in [3.63, 3.8) is 0 Å². The Bertz CT molecular complexity index is 449. The molecule has 2 nitrogen and oxygen atoms in total. The Labute approximate surface area is 112 Å². The normalized spacial score (nSPS) is 23.1. The number of halogens is 2. The zero-order valence-electron chi connectivity index (χ0n) is 10.4. The molecule has 0 radical (unpaired) electrons. The van der Waals surface area contributed by atoms with Crippen LogP contribution in [0.3, 0.4) is 0 Å². The summed E-state index contributed by atoms with van der Waals surface area (Å²) in [4.78, 5) is 12.0. The van der Waals surface area contributed by atoms with E-state index in [1.165, 1.54) is 6.07 Å². The lowest BCUT2D eigenvalue weighted by atomic mass is 10.1. The molecule has 4 heteroatoms. The van der Waals surface area contributed by atoms with Gasteiger partial charge in [0.05, 0.1) is 0 Å². The summed E-state index contributed by atoms with van der Waals surface area (Å²) in [6.07, 6.45) is 3.10. The first-order valence-electron chi connectivity index (χ1n) is 6.25. The number of nitrogens with one attached hydrogen (secondary N) is 1.